The number of nitrogens with zero attached hydrogens (tertiary/aromatic N) is 2. The average molecular weight is 541 g/mol. The smallest absolute Gasteiger partial charge is 0.233 e. The molecule has 4 aromatic rings. The van der Waals surface area contributed by atoms with Crippen molar-refractivity contribution < 1.29 is 13.2 Å². The first kappa shape index (κ1) is 22.7. The van der Waals surface area contributed by atoms with Gasteiger partial charge in [0.05, 0.1) is 27.1 Å². The number of rotatable bonds is 8. The average Bonchev–Trinajstić information content (AvgIpc) is 3.60. The van der Waals surface area contributed by atoms with Gasteiger partial charge in [-0.05, 0) is 71.6 Å². The Morgan fingerprint density at radius 2 is 1.94 bits per heavy atom. The highest BCUT2D eigenvalue weighted by Crippen LogP contribution is 2.47. The SMILES string of the molecule is CCCS(=O)(=O)Nc1ccc(-c2c(N)c3ccc(Oc4ncccc4Br)cc3n2C2CC2)cc1. The first-order valence-corrected chi connectivity index (χ1v) is 13.6. The highest BCUT2D eigenvalue weighted by atomic mass is 79.9. The van der Waals surface area contributed by atoms with Gasteiger partial charge >= 0.3 is 0 Å². The fourth-order valence-corrected chi connectivity index (χ4v) is 5.61. The first-order chi connectivity index (χ1) is 16.4. The van der Waals surface area contributed by atoms with E-state index in [0.29, 0.717) is 35.5 Å². The van der Waals surface area contributed by atoms with Crippen molar-refractivity contribution in [2.24, 2.45) is 0 Å². The van der Waals surface area contributed by atoms with E-state index in [1.807, 2.05) is 49.4 Å². The van der Waals surface area contributed by atoms with Crippen LogP contribution in [0.1, 0.15) is 32.2 Å². The van der Waals surface area contributed by atoms with Crippen LogP contribution in [-0.2, 0) is 10.0 Å². The van der Waals surface area contributed by atoms with Gasteiger partial charge in [0.25, 0.3) is 0 Å². The summed E-state index contributed by atoms with van der Waals surface area (Å²) in [6.45, 7) is 1.84. The number of nitrogens with one attached hydrogen (secondary N) is 1. The van der Waals surface area contributed by atoms with Crippen LogP contribution in [0, 0.1) is 0 Å². The zero-order valence-electron chi connectivity index (χ0n) is 18.7. The Kier molecular flexibility index (Phi) is 5.99. The molecule has 0 amide bonds. The number of halogens is 1. The summed E-state index contributed by atoms with van der Waals surface area (Å²) in [5.41, 5.74) is 10.8. The second kappa shape index (κ2) is 8.96. The van der Waals surface area contributed by atoms with E-state index in [0.717, 1.165) is 39.5 Å². The summed E-state index contributed by atoms with van der Waals surface area (Å²) < 4.78 is 35.9. The number of nitrogen functional groups attached to an aromatic ring is 1. The molecule has 0 unspecified atom stereocenters. The summed E-state index contributed by atoms with van der Waals surface area (Å²) in [5, 5.41) is 0.960. The summed E-state index contributed by atoms with van der Waals surface area (Å²) in [5.74, 6) is 1.27. The standard InChI is InChI=1S/C25H25BrN4O3S/c1-2-14-34(31,32)29-17-7-5-16(6-8-17)24-23(27)20-12-11-19(15-22(20)30(24)18-9-10-18)33-25-21(26)4-3-13-28-25/h3-8,11-13,15,18,29H,2,9-10,14,27H2,1H3. The molecule has 3 N–H and O–H groups in total. The molecular weight excluding hydrogens is 516 g/mol. The van der Waals surface area contributed by atoms with Crippen LogP contribution in [-0.4, -0.2) is 23.7 Å². The highest BCUT2D eigenvalue weighted by Gasteiger charge is 2.30. The molecule has 7 nitrogen and oxygen atoms in total. The number of nitrogens with two attached hydrogens (primary N) is 1. The fourth-order valence-electron chi connectivity index (χ4n) is 4.14. The molecular formula is C25H25BrN4O3S. The predicted molar refractivity (Wildman–Crippen MR) is 140 cm³/mol. The van der Waals surface area contributed by atoms with Crippen molar-refractivity contribution >= 4 is 48.2 Å². The van der Waals surface area contributed by atoms with Crippen molar-refractivity contribution in [1.82, 2.24) is 9.55 Å². The van der Waals surface area contributed by atoms with E-state index < -0.39 is 10.0 Å². The Bertz CT molecular complexity index is 1460. The van der Waals surface area contributed by atoms with E-state index >= 15 is 0 Å². The molecule has 2 aromatic heterocycles. The van der Waals surface area contributed by atoms with Crippen LogP contribution in [0.15, 0.2) is 65.3 Å². The molecule has 34 heavy (non-hydrogen) atoms. The number of hydrogen-bond acceptors (Lipinski definition) is 5. The normalized spacial score (nSPS) is 13.8. The van der Waals surface area contributed by atoms with Crippen LogP contribution in [0.2, 0.25) is 0 Å². The number of benzene rings is 2. The van der Waals surface area contributed by atoms with Crippen LogP contribution < -0.4 is 15.2 Å². The number of pyridine rings is 1. The lowest BCUT2D eigenvalue weighted by molar-refractivity contribution is 0.460. The molecule has 1 fully saturated rings. The Balaban J connectivity index is 1.53. The largest absolute Gasteiger partial charge is 0.438 e. The summed E-state index contributed by atoms with van der Waals surface area (Å²) in [6, 6.07) is 17.4. The van der Waals surface area contributed by atoms with Crippen molar-refractivity contribution in [1.29, 1.82) is 0 Å². The third-order valence-electron chi connectivity index (χ3n) is 5.77. The van der Waals surface area contributed by atoms with E-state index in [1.54, 1.807) is 18.3 Å². The van der Waals surface area contributed by atoms with E-state index in [4.69, 9.17) is 10.5 Å². The van der Waals surface area contributed by atoms with Crippen molar-refractivity contribution in [3.05, 3.63) is 65.3 Å². The van der Waals surface area contributed by atoms with E-state index in [2.05, 4.69) is 30.2 Å². The Morgan fingerprint density at radius 1 is 1.18 bits per heavy atom. The molecule has 1 saturated carbocycles. The molecule has 1 aliphatic carbocycles. The van der Waals surface area contributed by atoms with Gasteiger partial charge in [-0.25, -0.2) is 13.4 Å². The van der Waals surface area contributed by atoms with Gasteiger partial charge in [0, 0.05) is 34.9 Å². The van der Waals surface area contributed by atoms with E-state index in [9.17, 15) is 8.42 Å². The molecule has 0 aliphatic heterocycles. The lowest BCUT2D eigenvalue weighted by Crippen LogP contribution is -2.15. The van der Waals surface area contributed by atoms with Crippen molar-refractivity contribution in [3.8, 4) is 22.9 Å². The van der Waals surface area contributed by atoms with Crippen LogP contribution in [0.5, 0.6) is 11.6 Å². The maximum absolute atomic E-state index is 12.1. The molecule has 2 heterocycles. The maximum Gasteiger partial charge on any atom is 0.233 e. The van der Waals surface area contributed by atoms with Gasteiger partial charge in [0.2, 0.25) is 15.9 Å². The van der Waals surface area contributed by atoms with Gasteiger partial charge < -0.3 is 15.0 Å². The number of aromatic nitrogens is 2. The van der Waals surface area contributed by atoms with Gasteiger partial charge in [0.1, 0.15) is 5.75 Å². The predicted octanol–water partition coefficient (Wildman–Crippen LogP) is 6.33. The van der Waals surface area contributed by atoms with Crippen LogP contribution >= 0.6 is 15.9 Å². The fraction of sp³-hybridized carbons (Fsp3) is 0.240. The number of hydrogen-bond donors (Lipinski definition) is 2. The minimum Gasteiger partial charge on any atom is -0.438 e. The first-order valence-electron chi connectivity index (χ1n) is 11.2. The van der Waals surface area contributed by atoms with Gasteiger partial charge in [-0.2, -0.15) is 0 Å². The quantitative estimate of drug-likeness (QED) is 0.272. The van der Waals surface area contributed by atoms with E-state index in [-0.39, 0.29) is 5.75 Å². The topological polar surface area (TPSA) is 99.2 Å². The van der Waals surface area contributed by atoms with Gasteiger partial charge in [-0.15, -0.1) is 0 Å². The zero-order valence-corrected chi connectivity index (χ0v) is 21.1. The molecule has 0 atom stereocenters. The maximum atomic E-state index is 12.1. The second-order valence-electron chi connectivity index (χ2n) is 8.43. The van der Waals surface area contributed by atoms with E-state index in [1.165, 1.54) is 0 Å². The Morgan fingerprint density at radius 3 is 2.62 bits per heavy atom. The molecule has 2 aromatic carbocycles. The zero-order chi connectivity index (χ0) is 23.9. The minimum absolute atomic E-state index is 0.0943. The number of ether oxygens (including phenoxy) is 1. The summed E-state index contributed by atoms with van der Waals surface area (Å²) in [7, 11) is -3.34. The summed E-state index contributed by atoms with van der Waals surface area (Å²) >= 11 is 3.47. The second-order valence-corrected chi connectivity index (χ2v) is 11.1. The molecule has 0 saturated heterocycles. The summed E-state index contributed by atoms with van der Waals surface area (Å²) in [4.78, 5) is 4.29. The monoisotopic (exact) mass is 540 g/mol. The van der Waals surface area contributed by atoms with Gasteiger partial charge in [0.15, 0.2) is 0 Å². The summed E-state index contributed by atoms with van der Waals surface area (Å²) in [6.07, 6.45) is 4.42. The number of sulfonamides is 1. The van der Waals surface area contributed by atoms with Crippen molar-refractivity contribution in [2.75, 3.05) is 16.2 Å². The minimum atomic E-state index is -3.34. The number of anilines is 2. The third kappa shape index (κ3) is 4.50. The molecule has 5 rings (SSSR count). The lowest BCUT2D eigenvalue weighted by Gasteiger charge is -2.12. The molecule has 1 aliphatic rings. The molecule has 0 spiro atoms. The lowest BCUT2D eigenvalue weighted by atomic mass is 10.1. The van der Waals surface area contributed by atoms with Crippen LogP contribution in [0.4, 0.5) is 11.4 Å². The Labute approximate surface area is 207 Å². The molecule has 0 bridgehead atoms. The Hall–Kier alpha value is -3.04. The number of fused-ring (bicyclic) bond motifs is 1. The van der Waals surface area contributed by atoms with Crippen LogP contribution in [0.25, 0.3) is 22.2 Å². The van der Waals surface area contributed by atoms with Crippen molar-refractivity contribution in [2.45, 2.75) is 32.2 Å². The van der Waals surface area contributed by atoms with Gasteiger partial charge in [-0.1, -0.05) is 19.1 Å². The van der Waals surface area contributed by atoms with Crippen LogP contribution in [0.3, 0.4) is 0 Å². The molecule has 176 valence electrons. The molecule has 0 radical (unpaired) electrons. The molecule has 9 heteroatoms. The van der Waals surface area contributed by atoms with Gasteiger partial charge in [-0.3, -0.25) is 4.72 Å². The van der Waals surface area contributed by atoms with Crippen molar-refractivity contribution in [3.63, 3.8) is 0 Å². The highest BCUT2D eigenvalue weighted by molar-refractivity contribution is 9.10. The third-order valence-corrected chi connectivity index (χ3v) is 7.87.